The van der Waals surface area contributed by atoms with E-state index in [9.17, 15) is 4.39 Å². The van der Waals surface area contributed by atoms with Crippen LogP contribution in [0.2, 0.25) is 0 Å². The Bertz CT molecular complexity index is 470. The predicted molar refractivity (Wildman–Crippen MR) is 109 cm³/mol. The average molecular weight is 452 g/mol. The molecular formula is C17H30FIN4O. The zero-order valence-corrected chi connectivity index (χ0v) is 17.4. The molecule has 0 unspecified atom stereocenters. The van der Waals surface area contributed by atoms with Gasteiger partial charge in [0.15, 0.2) is 5.96 Å². The summed E-state index contributed by atoms with van der Waals surface area (Å²) in [5.74, 6) is 0.630. The number of rotatable bonds is 9. The van der Waals surface area contributed by atoms with Gasteiger partial charge in [-0.3, -0.25) is 4.99 Å². The van der Waals surface area contributed by atoms with E-state index in [1.54, 1.807) is 26.3 Å². The number of hydrogen-bond donors (Lipinski definition) is 1. The number of benzene rings is 1. The van der Waals surface area contributed by atoms with Crippen LogP contribution in [0.25, 0.3) is 0 Å². The van der Waals surface area contributed by atoms with Crippen molar-refractivity contribution in [2.75, 3.05) is 54.5 Å². The molecule has 0 spiro atoms. The third-order valence-corrected chi connectivity index (χ3v) is 3.58. The third-order valence-electron chi connectivity index (χ3n) is 3.58. The summed E-state index contributed by atoms with van der Waals surface area (Å²) in [6.07, 6.45) is 1.03. The summed E-state index contributed by atoms with van der Waals surface area (Å²) in [6.45, 7) is 4.25. The van der Waals surface area contributed by atoms with Gasteiger partial charge >= 0.3 is 0 Å². The average Bonchev–Trinajstić information content (AvgIpc) is 2.55. The lowest BCUT2D eigenvalue weighted by Gasteiger charge is -2.23. The van der Waals surface area contributed by atoms with Gasteiger partial charge in [-0.25, -0.2) is 4.39 Å². The molecule has 1 rings (SSSR count). The first kappa shape index (κ1) is 23.1. The molecule has 138 valence electrons. The highest BCUT2D eigenvalue weighted by molar-refractivity contribution is 14.0. The summed E-state index contributed by atoms with van der Waals surface area (Å²) in [4.78, 5) is 8.57. The molecule has 0 bridgehead atoms. The molecule has 0 saturated carbocycles. The molecule has 0 fully saturated rings. The fraction of sp³-hybridized carbons (Fsp3) is 0.588. The van der Waals surface area contributed by atoms with Crippen LogP contribution in [0.1, 0.15) is 12.0 Å². The number of hydrogen-bond acceptors (Lipinski definition) is 3. The van der Waals surface area contributed by atoms with Gasteiger partial charge in [0.05, 0.1) is 6.61 Å². The van der Waals surface area contributed by atoms with Crippen LogP contribution >= 0.6 is 24.0 Å². The predicted octanol–water partition coefficient (Wildman–Crippen LogP) is 2.42. The number of ether oxygens (including phenoxy) is 1. The SMILES string of the molecule is CN=C(NCCCN(C)CCOC)N(C)Cc1ccc(F)cc1.I. The zero-order valence-electron chi connectivity index (χ0n) is 15.1. The topological polar surface area (TPSA) is 40.1 Å². The molecule has 0 aliphatic rings. The molecule has 0 radical (unpaired) electrons. The Kier molecular flexibility index (Phi) is 12.9. The molecular weight excluding hydrogens is 422 g/mol. The first-order chi connectivity index (χ1) is 11.1. The van der Waals surface area contributed by atoms with E-state index in [1.165, 1.54) is 12.1 Å². The van der Waals surface area contributed by atoms with Crippen molar-refractivity contribution >= 4 is 29.9 Å². The van der Waals surface area contributed by atoms with Crippen LogP contribution in [0, 0.1) is 5.82 Å². The Morgan fingerprint density at radius 2 is 1.88 bits per heavy atom. The number of nitrogens with one attached hydrogen (secondary N) is 1. The second kappa shape index (κ2) is 13.4. The molecule has 7 heteroatoms. The molecule has 1 N–H and O–H groups in total. The number of nitrogens with zero attached hydrogens (tertiary/aromatic N) is 3. The number of likely N-dealkylation sites (N-methyl/N-ethyl adjacent to an activating group) is 1. The summed E-state index contributed by atoms with van der Waals surface area (Å²) in [6, 6.07) is 6.55. The maximum absolute atomic E-state index is 12.9. The Hall–Kier alpha value is -0.930. The van der Waals surface area contributed by atoms with Gasteiger partial charge in [-0.2, -0.15) is 0 Å². The second-order valence-corrected chi connectivity index (χ2v) is 5.61. The Morgan fingerprint density at radius 3 is 2.46 bits per heavy atom. The lowest BCUT2D eigenvalue weighted by molar-refractivity contribution is 0.161. The normalized spacial score (nSPS) is 11.3. The minimum Gasteiger partial charge on any atom is -0.383 e. The highest BCUT2D eigenvalue weighted by atomic mass is 127. The van der Waals surface area contributed by atoms with Crippen molar-refractivity contribution < 1.29 is 9.13 Å². The summed E-state index contributed by atoms with van der Waals surface area (Å²) in [7, 11) is 7.56. The van der Waals surface area contributed by atoms with Crippen LogP contribution < -0.4 is 5.32 Å². The molecule has 1 aromatic rings. The van der Waals surface area contributed by atoms with E-state index in [1.807, 2.05) is 11.9 Å². The van der Waals surface area contributed by atoms with E-state index >= 15 is 0 Å². The van der Waals surface area contributed by atoms with Crippen LogP contribution in [0.4, 0.5) is 4.39 Å². The van der Waals surface area contributed by atoms with Crippen molar-refractivity contribution in [3.05, 3.63) is 35.6 Å². The number of methoxy groups -OCH3 is 1. The van der Waals surface area contributed by atoms with Gasteiger partial charge in [-0.05, 0) is 37.7 Å². The van der Waals surface area contributed by atoms with Crippen molar-refractivity contribution in [1.82, 2.24) is 15.1 Å². The molecule has 0 saturated heterocycles. The fourth-order valence-corrected chi connectivity index (χ4v) is 2.23. The molecule has 0 atom stereocenters. The molecule has 1 aromatic carbocycles. The highest BCUT2D eigenvalue weighted by Crippen LogP contribution is 2.05. The molecule has 0 aliphatic carbocycles. The van der Waals surface area contributed by atoms with E-state index < -0.39 is 0 Å². The van der Waals surface area contributed by atoms with Crippen molar-refractivity contribution in [1.29, 1.82) is 0 Å². The van der Waals surface area contributed by atoms with E-state index in [4.69, 9.17) is 4.74 Å². The molecule has 24 heavy (non-hydrogen) atoms. The van der Waals surface area contributed by atoms with E-state index in [0.717, 1.165) is 44.2 Å². The van der Waals surface area contributed by atoms with Crippen molar-refractivity contribution in [3.8, 4) is 0 Å². The largest absolute Gasteiger partial charge is 0.383 e. The van der Waals surface area contributed by atoms with Gasteiger partial charge in [0.25, 0.3) is 0 Å². The second-order valence-electron chi connectivity index (χ2n) is 5.61. The third kappa shape index (κ3) is 9.39. The number of halogens is 2. The number of guanidine groups is 1. The maximum atomic E-state index is 12.9. The first-order valence-electron chi connectivity index (χ1n) is 7.90. The van der Waals surface area contributed by atoms with E-state index in [0.29, 0.717) is 6.54 Å². The van der Waals surface area contributed by atoms with Crippen molar-refractivity contribution in [2.24, 2.45) is 4.99 Å². The van der Waals surface area contributed by atoms with Gasteiger partial charge in [-0.15, -0.1) is 24.0 Å². The van der Waals surface area contributed by atoms with Crippen LogP contribution in [0.3, 0.4) is 0 Å². The first-order valence-corrected chi connectivity index (χ1v) is 7.90. The quantitative estimate of drug-likeness (QED) is 0.271. The highest BCUT2D eigenvalue weighted by Gasteiger charge is 2.06. The van der Waals surface area contributed by atoms with Gasteiger partial charge in [0, 0.05) is 40.8 Å². The minimum absolute atomic E-state index is 0. The Balaban J connectivity index is 0.00000529. The molecule has 5 nitrogen and oxygen atoms in total. The van der Waals surface area contributed by atoms with E-state index in [-0.39, 0.29) is 29.8 Å². The maximum Gasteiger partial charge on any atom is 0.193 e. The van der Waals surface area contributed by atoms with Gasteiger partial charge < -0.3 is 19.9 Å². The van der Waals surface area contributed by atoms with Crippen LogP contribution in [0.5, 0.6) is 0 Å². The fourth-order valence-electron chi connectivity index (χ4n) is 2.23. The standard InChI is InChI=1S/C17H29FN4O.HI/c1-19-17(20-10-5-11-21(2)12-13-23-4)22(3)14-15-6-8-16(18)9-7-15;/h6-9H,5,10-14H2,1-4H3,(H,19,20);1H. The summed E-state index contributed by atoms with van der Waals surface area (Å²) >= 11 is 0. The van der Waals surface area contributed by atoms with Gasteiger partial charge in [0.2, 0.25) is 0 Å². The number of aliphatic imine (C=N–C) groups is 1. The summed E-state index contributed by atoms with van der Waals surface area (Å²) < 4.78 is 18.0. The molecule has 0 aromatic heterocycles. The molecule has 0 heterocycles. The molecule has 0 aliphatic heterocycles. The van der Waals surface area contributed by atoms with Crippen molar-refractivity contribution in [2.45, 2.75) is 13.0 Å². The zero-order chi connectivity index (χ0) is 17.1. The molecule has 0 amide bonds. The van der Waals surface area contributed by atoms with Gasteiger partial charge in [0.1, 0.15) is 5.82 Å². The summed E-state index contributed by atoms with van der Waals surface area (Å²) in [5, 5.41) is 3.36. The van der Waals surface area contributed by atoms with Crippen LogP contribution in [-0.2, 0) is 11.3 Å². The Labute approximate surface area is 162 Å². The van der Waals surface area contributed by atoms with Crippen LogP contribution in [-0.4, -0.2) is 70.3 Å². The lowest BCUT2D eigenvalue weighted by Crippen LogP contribution is -2.39. The summed E-state index contributed by atoms with van der Waals surface area (Å²) in [5.41, 5.74) is 1.05. The van der Waals surface area contributed by atoms with Crippen LogP contribution in [0.15, 0.2) is 29.3 Å². The van der Waals surface area contributed by atoms with Crippen molar-refractivity contribution in [3.63, 3.8) is 0 Å². The Morgan fingerprint density at radius 1 is 1.21 bits per heavy atom. The van der Waals surface area contributed by atoms with E-state index in [2.05, 4.69) is 22.3 Å². The lowest BCUT2D eigenvalue weighted by atomic mass is 10.2. The monoisotopic (exact) mass is 452 g/mol. The van der Waals surface area contributed by atoms with Gasteiger partial charge in [-0.1, -0.05) is 12.1 Å². The minimum atomic E-state index is -0.212. The smallest absolute Gasteiger partial charge is 0.193 e.